The fraction of sp³-hybridized carbons (Fsp3) is 0. The highest BCUT2D eigenvalue weighted by Gasteiger charge is 2.05. The molecule has 19 heavy (non-hydrogen) atoms. The van der Waals surface area contributed by atoms with Crippen molar-refractivity contribution in [3.8, 4) is 11.1 Å². The van der Waals surface area contributed by atoms with Gasteiger partial charge in [0.2, 0.25) is 0 Å². The molecule has 4 heteroatoms. The van der Waals surface area contributed by atoms with E-state index in [1.807, 2.05) is 24.7 Å². The molecule has 0 bridgehead atoms. The Morgan fingerprint density at radius 3 is 2.53 bits per heavy atom. The lowest BCUT2D eigenvalue weighted by molar-refractivity contribution is 1.17. The van der Waals surface area contributed by atoms with E-state index in [0.29, 0.717) is 0 Å². The molecule has 4 aromatic rings. The first-order valence-electron chi connectivity index (χ1n) is 6.03. The molecule has 3 heterocycles. The molecule has 0 radical (unpaired) electrons. The number of benzene rings is 1. The maximum absolute atomic E-state index is 4.18. The van der Waals surface area contributed by atoms with Crippen molar-refractivity contribution in [3.63, 3.8) is 0 Å². The van der Waals surface area contributed by atoms with Crippen molar-refractivity contribution < 1.29 is 0 Å². The van der Waals surface area contributed by atoms with E-state index in [-0.39, 0.29) is 0 Å². The zero-order valence-corrected chi connectivity index (χ0v) is 10.0. The van der Waals surface area contributed by atoms with Gasteiger partial charge in [0, 0.05) is 52.2 Å². The zero-order valence-electron chi connectivity index (χ0n) is 10.0. The Labute approximate surface area is 109 Å². The number of rotatable bonds is 1. The quantitative estimate of drug-likeness (QED) is 0.561. The molecular weight excluding hydrogens is 236 g/mol. The van der Waals surface area contributed by atoms with Gasteiger partial charge < -0.3 is 4.98 Å². The highest BCUT2D eigenvalue weighted by atomic mass is 14.8. The Kier molecular flexibility index (Phi) is 2.08. The number of nitrogens with one attached hydrogen (secondary N) is 1. The molecule has 90 valence electrons. The molecule has 4 nitrogen and oxygen atoms in total. The van der Waals surface area contributed by atoms with Gasteiger partial charge in [0.1, 0.15) is 6.33 Å². The van der Waals surface area contributed by atoms with Gasteiger partial charge in [-0.2, -0.15) is 0 Å². The zero-order chi connectivity index (χ0) is 12.7. The van der Waals surface area contributed by atoms with Crippen LogP contribution in [0.1, 0.15) is 0 Å². The number of pyridine rings is 1. The van der Waals surface area contributed by atoms with Gasteiger partial charge in [0.25, 0.3) is 0 Å². The molecule has 0 unspecified atom stereocenters. The van der Waals surface area contributed by atoms with Crippen LogP contribution in [0.5, 0.6) is 0 Å². The van der Waals surface area contributed by atoms with Gasteiger partial charge in [-0.25, -0.2) is 9.97 Å². The van der Waals surface area contributed by atoms with Crippen LogP contribution in [-0.4, -0.2) is 19.9 Å². The van der Waals surface area contributed by atoms with Gasteiger partial charge in [0.15, 0.2) is 0 Å². The highest BCUT2D eigenvalue weighted by Crippen LogP contribution is 2.28. The molecule has 0 fully saturated rings. The highest BCUT2D eigenvalue weighted by molar-refractivity contribution is 6.07. The first kappa shape index (κ1) is 10.2. The summed E-state index contributed by atoms with van der Waals surface area (Å²) in [5, 5.41) is 2.33. The molecular formula is C15H10N4. The summed E-state index contributed by atoms with van der Waals surface area (Å²) in [6.45, 7) is 0. The lowest BCUT2D eigenvalue weighted by atomic mass is 10.1. The second-order valence-corrected chi connectivity index (χ2v) is 4.43. The molecule has 0 saturated carbocycles. The van der Waals surface area contributed by atoms with Crippen LogP contribution in [0.15, 0.2) is 55.4 Å². The second kappa shape index (κ2) is 3.88. The summed E-state index contributed by atoms with van der Waals surface area (Å²) in [6, 6.07) is 8.30. The lowest BCUT2D eigenvalue weighted by Crippen LogP contribution is -1.81. The average Bonchev–Trinajstić information content (AvgIpc) is 2.86. The van der Waals surface area contributed by atoms with Crippen molar-refractivity contribution in [1.29, 1.82) is 0 Å². The molecule has 1 N–H and O–H groups in total. The Bertz CT molecular complexity index is 865. The summed E-state index contributed by atoms with van der Waals surface area (Å²) < 4.78 is 0. The van der Waals surface area contributed by atoms with Gasteiger partial charge in [-0.1, -0.05) is 12.1 Å². The fourth-order valence-electron chi connectivity index (χ4n) is 2.37. The summed E-state index contributed by atoms with van der Waals surface area (Å²) in [5.74, 6) is 0. The van der Waals surface area contributed by atoms with Crippen molar-refractivity contribution in [2.45, 2.75) is 0 Å². The summed E-state index contributed by atoms with van der Waals surface area (Å²) in [4.78, 5) is 15.7. The Morgan fingerprint density at radius 1 is 0.737 bits per heavy atom. The smallest absolute Gasteiger partial charge is 0.115 e. The van der Waals surface area contributed by atoms with E-state index in [1.54, 1.807) is 6.20 Å². The third-order valence-corrected chi connectivity index (χ3v) is 3.29. The van der Waals surface area contributed by atoms with E-state index in [4.69, 9.17) is 0 Å². The average molecular weight is 246 g/mol. The van der Waals surface area contributed by atoms with E-state index in [2.05, 4.69) is 38.1 Å². The van der Waals surface area contributed by atoms with Gasteiger partial charge >= 0.3 is 0 Å². The first-order valence-corrected chi connectivity index (χ1v) is 6.03. The third-order valence-electron chi connectivity index (χ3n) is 3.29. The maximum Gasteiger partial charge on any atom is 0.115 e. The fourth-order valence-corrected chi connectivity index (χ4v) is 2.37. The van der Waals surface area contributed by atoms with Gasteiger partial charge in [-0.3, -0.25) is 4.98 Å². The second-order valence-electron chi connectivity index (χ2n) is 4.43. The number of fused-ring (bicyclic) bond motifs is 3. The predicted octanol–water partition coefficient (Wildman–Crippen LogP) is 3.17. The number of hydrogen-bond donors (Lipinski definition) is 1. The lowest BCUT2D eigenvalue weighted by Gasteiger charge is -2.00. The van der Waals surface area contributed by atoms with Crippen LogP contribution in [0.4, 0.5) is 0 Å². The van der Waals surface area contributed by atoms with E-state index < -0.39 is 0 Å². The van der Waals surface area contributed by atoms with Gasteiger partial charge in [-0.15, -0.1) is 0 Å². The molecule has 1 aromatic carbocycles. The monoisotopic (exact) mass is 246 g/mol. The molecule has 4 rings (SSSR count). The van der Waals surface area contributed by atoms with Crippen molar-refractivity contribution in [3.05, 3.63) is 55.4 Å². The summed E-state index contributed by atoms with van der Waals surface area (Å²) in [6.07, 6.45) is 8.86. The number of hydrogen-bond acceptors (Lipinski definition) is 3. The van der Waals surface area contributed by atoms with Crippen molar-refractivity contribution >= 4 is 21.8 Å². The molecule has 0 saturated heterocycles. The van der Waals surface area contributed by atoms with Crippen LogP contribution < -0.4 is 0 Å². The van der Waals surface area contributed by atoms with Crippen LogP contribution in [0.2, 0.25) is 0 Å². The summed E-state index contributed by atoms with van der Waals surface area (Å²) >= 11 is 0. The minimum Gasteiger partial charge on any atom is -0.354 e. The molecule has 0 aliphatic rings. The van der Waals surface area contributed by atoms with E-state index >= 15 is 0 Å². The van der Waals surface area contributed by atoms with Crippen molar-refractivity contribution in [2.24, 2.45) is 0 Å². The number of aromatic nitrogens is 4. The van der Waals surface area contributed by atoms with Crippen molar-refractivity contribution in [2.75, 3.05) is 0 Å². The van der Waals surface area contributed by atoms with Crippen molar-refractivity contribution in [1.82, 2.24) is 19.9 Å². The number of aromatic amines is 1. The van der Waals surface area contributed by atoms with Crippen LogP contribution in [0, 0.1) is 0 Å². The topological polar surface area (TPSA) is 54.5 Å². The number of nitrogens with zero attached hydrogens (tertiary/aromatic N) is 3. The molecule has 3 aromatic heterocycles. The largest absolute Gasteiger partial charge is 0.354 e. The third kappa shape index (κ3) is 1.57. The van der Waals surface area contributed by atoms with E-state index in [9.17, 15) is 0 Å². The minimum atomic E-state index is 1.01. The van der Waals surface area contributed by atoms with E-state index in [0.717, 1.165) is 27.5 Å². The molecule has 0 spiro atoms. The minimum absolute atomic E-state index is 1.01. The standard InChI is InChI=1S/C15H10N4/c1-2-12-13-8-16-4-3-14(13)19-15(12)5-10(1)11-6-17-9-18-7-11/h1-9,19H. The van der Waals surface area contributed by atoms with Crippen LogP contribution in [0.3, 0.4) is 0 Å². The SMILES string of the molecule is c1cc2[nH]c3cc(-c4cncnc4)ccc3c2cn1. The molecule has 0 amide bonds. The summed E-state index contributed by atoms with van der Waals surface area (Å²) in [7, 11) is 0. The Balaban J connectivity index is 1.99. The normalized spacial score (nSPS) is 11.2. The Hall–Kier alpha value is -2.75. The molecule has 0 aliphatic carbocycles. The van der Waals surface area contributed by atoms with E-state index in [1.165, 1.54) is 11.7 Å². The molecule has 0 aliphatic heterocycles. The summed E-state index contributed by atoms with van der Waals surface area (Å²) in [5.41, 5.74) is 4.32. The maximum atomic E-state index is 4.18. The van der Waals surface area contributed by atoms with Gasteiger partial charge in [0.05, 0.1) is 0 Å². The molecule has 0 atom stereocenters. The predicted molar refractivity (Wildman–Crippen MR) is 74.6 cm³/mol. The van der Waals surface area contributed by atoms with Crippen LogP contribution in [-0.2, 0) is 0 Å². The number of H-pyrrole nitrogens is 1. The Morgan fingerprint density at radius 2 is 1.63 bits per heavy atom. The first-order chi connectivity index (χ1) is 9.42. The van der Waals surface area contributed by atoms with Gasteiger partial charge in [-0.05, 0) is 17.7 Å². The van der Waals surface area contributed by atoms with Crippen LogP contribution >= 0.6 is 0 Å². The van der Waals surface area contributed by atoms with Crippen LogP contribution in [0.25, 0.3) is 32.9 Å².